The van der Waals surface area contributed by atoms with Gasteiger partial charge in [0.05, 0.1) is 0 Å². The molecule has 0 saturated carbocycles. The zero-order chi connectivity index (χ0) is 18.7. The van der Waals surface area contributed by atoms with Crippen LogP contribution < -0.4 is 0 Å². The molecule has 0 aromatic heterocycles. The molecular weight excluding hydrogens is 331 g/mol. The molecule has 5 nitrogen and oxygen atoms in total. The molecule has 0 N–H and O–H groups in total. The summed E-state index contributed by atoms with van der Waals surface area (Å²) in [7, 11) is 8.16. The van der Waals surface area contributed by atoms with Gasteiger partial charge in [-0.1, -0.05) is 12.1 Å². The van der Waals surface area contributed by atoms with Gasteiger partial charge in [-0.25, -0.2) is 4.39 Å². The Morgan fingerprint density at radius 1 is 1.04 bits per heavy atom. The highest BCUT2D eigenvalue weighted by Crippen LogP contribution is 2.56. The second kappa shape index (κ2) is 6.01. The van der Waals surface area contributed by atoms with Gasteiger partial charge < -0.3 is 14.7 Å². The van der Waals surface area contributed by atoms with Gasteiger partial charge in [-0.2, -0.15) is 0 Å². The smallest absolute Gasteiger partial charge is 0.244 e. The van der Waals surface area contributed by atoms with E-state index in [9.17, 15) is 9.18 Å². The average molecular weight is 360 g/mol. The van der Waals surface area contributed by atoms with Crippen molar-refractivity contribution in [1.29, 1.82) is 0 Å². The number of halogens is 1. The van der Waals surface area contributed by atoms with Gasteiger partial charge in [-0.3, -0.25) is 9.69 Å². The maximum Gasteiger partial charge on any atom is 0.244 e. The van der Waals surface area contributed by atoms with Gasteiger partial charge in [-0.05, 0) is 45.9 Å². The molecule has 4 rings (SSSR count). The predicted molar refractivity (Wildman–Crippen MR) is 99.3 cm³/mol. The maximum absolute atomic E-state index is 13.7. The average Bonchev–Trinajstić information content (AvgIpc) is 3.01. The van der Waals surface area contributed by atoms with Gasteiger partial charge in [0.15, 0.2) is 0 Å². The SMILES string of the molecule is CN1CC23CN(C)CC2(C1)CN(C(=O)[C@@H](c1cccc(F)c1)N(C)C)C3. The minimum absolute atomic E-state index is 0.0981. The Bertz CT molecular complexity index is 684. The van der Waals surface area contributed by atoms with Crippen molar-refractivity contribution in [3.8, 4) is 0 Å². The van der Waals surface area contributed by atoms with E-state index in [1.54, 1.807) is 6.07 Å². The van der Waals surface area contributed by atoms with Crippen LogP contribution >= 0.6 is 0 Å². The van der Waals surface area contributed by atoms with E-state index in [4.69, 9.17) is 0 Å². The highest BCUT2D eigenvalue weighted by Gasteiger charge is 2.66. The molecular formula is C20H29FN4O. The normalized spacial score (nSPS) is 32.9. The van der Waals surface area contributed by atoms with Crippen molar-refractivity contribution in [3.63, 3.8) is 0 Å². The van der Waals surface area contributed by atoms with Crippen molar-refractivity contribution in [2.24, 2.45) is 10.8 Å². The topological polar surface area (TPSA) is 30.0 Å². The van der Waals surface area contributed by atoms with E-state index in [0.29, 0.717) is 0 Å². The summed E-state index contributed by atoms with van der Waals surface area (Å²) in [5.74, 6) is -0.196. The van der Waals surface area contributed by atoms with Crippen molar-refractivity contribution >= 4 is 5.91 Å². The maximum atomic E-state index is 13.7. The Balaban J connectivity index is 1.61. The first-order valence-corrected chi connectivity index (χ1v) is 9.33. The summed E-state index contributed by atoms with van der Waals surface area (Å²) in [6, 6.07) is 6.01. The van der Waals surface area contributed by atoms with E-state index >= 15 is 0 Å². The van der Waals surface area contributed by atoms with Gasteiger partial charge in [0, 0.05) is 50.1 Å². The Labute approximate surface area is 155 Å². The standard InChI is InChI=1S/C20H29FN4O/c1-22(2)17(15-6-5-7-16(21)8-15)18(26)25-13-19-9-23(3)10-20(19,14-25)12-24(4)11-19/h5-8,17H,9-14H2,1-4H3/t17-,19?,20?/m1/s1. The highest BCUT2D eigenvalue weighted by molar-refractivity contribution is 5.84. The quantitative estimate of drug-likeness (QED) is 0.809. The number of amides is 1. The molecule has 3 fully saturated rings. The number of nitrogens with zero attached hydrogens (tertiary/aromatic N) is 4. The van der Waals surface area contributed by atoms with Gasteiger partial charge in [0.1, 0.15) is 11.9 Å². The van der Waals surface area contributed by atoms with Crippen molar-refractivity contribution in [1.82, 2.24) is 19.6 Å². The van der Waals surface area contributed by atoms with Crippen LogP contribution in [0.1, 0.15) is 11.6 Å². The van der Waals surface area contributed by atoms with Crippen LogP contribution in [-0.4, -0.2) is 93.0 Å². The number of hydrogen-bond acceptors (Lipinski definition) is 4. The van der Waals surface area contributed by atoms with Gasteiger partial charge in [0.2, 0.25) is 5.91 Å². The highest BCUT2D eigenvalue weighted by atomic mass is 19.1. The van der Waals surface area contributed by atoms with E-state index in [-0.39, 0.29) is 22.6 Å². The monoisotopic (exact) mass is 360 g/mol. The lowest BCUT2D eigenvalue weighted by atomic mass is 9.71. The number of hydrogen-bond donors (Lipinski definition) is 0. The second-order valence-electron chi connectivity index (χ2n) is 9.02. The summed E-state index contributed by atoms with van der Waals surface area (Å²) in [5, 5.41) is 0. The molecule has 3 saturated heterocycles. The molecule has 142 valence electrons. The number of rotatable bonds is 3. The summed E-state index contributed by atoms with van der Waals surface area (Å²) in [4.78, 5) is 22.2. The van der Waals surface area contributed by atoms with Crippen molar-refractivity contribution in [3.05, 3.63) is 35.6 Å². The predicted octanol–water partition coefficient (Wildman–Crippen LogP) is 1.13. The van der Waals surface area contributed by atoms with Gasteiger partial charge in [-0.15, -0.1) is 0 Å². The molecule has 0 unspecified atom stereocenters. The molecule has 1 amide bonds. The minimum atomic E-state index is -0.437. The first-order chi connectivity index (χ1) is 12.3. The van der Waals surface area contributed by atoms with Crippen LogP contribution in [0.4, 0.5) is 4.39 Å². The summed E-state index contributed by atoms with van der Waals surface area (Å²) in [5.41, 5.74) is 1.07. The number of carbonyl (C=O) groups is 1. The zero-order valence-corrected chi connectivity index (χ0v) is 16.2. The third-order valence-electron chi connectivity index (χ3n) is 6.63. The van der Waals surface area contributed by atoms with Crippen LogP contribution in [0.5, 0.6) is 0 Å². The van der Waals surface area contributed by atoms with Crippen LogP contribution in [0.25, 0.3) is 0 Å². The molecule has 3 aliphatic heterocycles. The Kier molecular flexibility index (Phi) is 4.13. The summed E-state index contributed by atoms with van der Waals surface area (Å²) in [6.07, 6.45) is 0. The lowest BCUT2D eigenvalue weighted by molar-refractivity contribution is -0.136. The molecule has 3 aliphatic rings. The molecule has 1 aromatic rings. The number of likely N-dealkylation sites (N-methyl/N-ethyl adjacent to an activating group) is 1. The second-order valence-corrected chi connectivity index (χ2v) is 9.02. The molecule has 0 spiro atoms. The lowest BCUT2D eigenvalue weighted by Gasteiger charge is -2.32. The number of likely N-dealkylation sites (tertiary alicyclic amines) is 3. The first-order valence-electron chi connectivity index (χ1n) is 9.33. The van der Waals surface area contributed by atoms with E-state index in [2.05, 4.69) is 28.8 Å². The van der Waals surface area contributed by atoms with E-state index < -0.39 is 6.04 Å². The van der Waals surface area contributed by atoms with E-state index in [1.807, 2.05) is 25.1 Å². The molecule has 0 aliphatic carbocycles. The lowest BCUT2D eigenvalue weighted by Crippen LogP contribution is -2.44. The molecule has 6 heteroatoms. The molecule has 26 heavy (non-hydrogen) atoms. The van der Waals surface area contributed by atoms with E-state index in [0.717, 1.165) is 44.8 Å². The zero-order valence-electron chi connectivity index (χ0n) is 16.2. The van der Waals surface area contributed by atoms with Gasteiger partial charge >= 0.3 is 0 Å². The molecule has 3 heterocycles. The molecule has 1 atom stereocenters. The number of carbonyl (C=O) groups excluding carboxylic acids is 1. The van der Waals surface area contributed by atoms with Crippen LogP contribution in [0, 0.1) is 16.6 Å². The van der Waals surface area contributed by atoms with Crippen molar-refractivity contribution in [2.75, 3.05) is 67.5 Å². The fraction of sp³-hybridized carbons (Fsp3) is 0.650. The summed E-state index contributed by atoms with van der Waals surface area (Å²) in [6.45, 7) is 5.81. The third-order valence-corrected chi connectivity index (χ3v) is 6.63. The largest absolute Gasteiger partial charge is 0.340 e. The Hall–Kier alpha value is -1.50. The Morgan fingerprint density at radius 2 is 1.58 bits per heavy atom. The third kappa shape index (κ3) is 2.58. The molecule has 0 radical (unpaired) electrons. The van der Waals surface area contributed by atoms with Gasteiger partial charge in [0.25, 0.3) is 0 Å². The van der Waals surface area contributed by atoms with E-state index in [1.165, 1.54) is 12.1 Å². The minimum Gasteiger partial charge on any atom is -0.340 e. The molecule has 1 aromatic carbocycles. The van der Waals surface area contributed by atoms with Crippen LogP contribution in [0.2, 0.25) is 0 Å². The van der Waals surface area contributed by atoms with Crippen LogP contribution in [-0.2, 0) is 4.79 Å². The van der Waals surface area contributed by atoms with Crippen molar-refractivity contribution in [2.45, 2.75) is 6.04 Å². The fourth-order valence-electron chi connectivity index (χ4n) is 5.94. The fourth-order valence-corrected chi connectivity index (χ4v) is 5.94. The Morgan fingerprint density at radius 3 is 2.04 bits per heavy atom. The first kappa shape index (κ1) is 17.9. The summed E-state index contributed by atoms with van der Waals surface area (Å²) >= 11 is 0. The van der Waals surface area contributed by atoms with Crippen molar-refractivity contribution < 1.29 is 9.18 Å². The number of benzene rings is 1. The summed E-state index contributed by atoms with van der Waals surface area (Å²) < 4.78 is 13.7. The molecule has 0 bridgehead atoms. The van der Waals surface area contributed by atoms with Crippen LogP contribution in [0.3, 0.4) is 0 Å². The van der Waals surface area contributed by atoms with Crippen LogP contribution in [0.15, 0.2) is 24.3 Å².